The first-order valence-electron chi connectivity index (χ1n) is 6.58. The highest BCUT2D eigenvalue weighted by atomic mass is 16.5. The minimum Gasteiger partial charge on any atom is -0.493 e. The zero-order chi connectivity index (χ0) is 14.2. The van der Waals surface area contributed by atoms with Gasteiger partial charge in [0.1, 0.15) is 0 Å². The van der Waals surface area contributed by atoms with Crippen molar-refractivity contribution in [3.05, 3.63) is 59.7 Å². The number of hydrogen-bond acceptors (Lipinski definition) is 3. The van der Waals surface area contributed by atoms with Crippen LogP contribution in [-0.2, 0) is 6.42 Å². The summed E-state index contributed by atoms with van der Waals surface area (Å²) in [6.45, 7) is 0.622. The van der Waals surface area contributed by atoms with Gasteiger partial charge in [0.15, 0.2) is 11.5 Å². The maximum Gasteiger partial charge on any atom is 0.162 e. The lowest BCUT2D eigenvalue weighted by molar-refractivity contribution is 0.289. The first-order chi connectivity index (χ1) is 9.83. The molecule has 0 amide bonds. The second-order valence-corrected chi connectivity index (χ2v) is 4.42. The Balaban J connectivity index is 1.87. The molecule has 0 atom stereocenters. The van der Waals surface area contributed by atoms with Crippen molar-refractivity contribution in [2.24, 2.45) is 0 Å². The van der Waals surface area contributed by atoms with Gasteiger partial charge in [-0.2, -0.15) is 5.26 Å². The third kappa shape index (κ3) is 3.76. The number of aryl methyl sites for hydroxylation is 1. The van der Waals surface area contributed by atoms with E-state index < -0.39 is 0 Å². The van der Waals surface area contributed by atoms with Crippen LogP contribution in [0, 0.1) is 11.3 Å². The Morgan fingerprint density at radius 1 is 1.05 bits per heavy atom. The van der Waals surface area contributed by atoms with Crippen molar-refractivity contribution in [3.63, 3.8) is 0 Å². The van der Waals surface area contributed by atoms with Crippen molar-refractivity contribution in [2.45, 2.75) is 12.8 Å². The third-order valence-electron chi connectivity index (χ3n) is 3.00. The fourth-order valence-electron chi connectivity index (χ4n) is 1.96. The lowest BCUT2D eigenvalue weighted by Crippen LogP contribution is -2.01. The van der Waals surface area contributed by atoms with Crippen molar-refractivity contribution in [1.82, 2.24) is 0 Å². The molecular weight excluding hydrogens is 250 g/mol. The quantitative estimate of drug-likeness (QED) is 0.751. The number of methoxy groups -OCH3 is 1. The molecule has 0 saturated heterocycles. The van der Waals surface area contributed by atoms with Crippen LogP contribution in [0.4, 0.5) is 0 Å². The number of nitriles is 1. The molecule has 20 heavy (non-hydrogen) atoms. The van der Waals surface area contributed by atoms with Crippen molar-refractivity contribution in [3.8, 4) is 17.6 Å². The normalized spacial score (nSPS) is 9.80. The van der Waals surface area contributed by atoms with Crippen LogP contribution in [0.25, 0.3) is 0 Å². The van der Waals surface area contributed by atoms with Gasteiger partial charge in [0.2, 0.25) is 0 Å². The minimum absolute atomic E-state index is 0.568. The fourth-order valence-corrected chi connectivity index (χ4v) is 1.96. The van der Waals surface area contributed by atoms with Crippen LogP contribution in [0.15, 0.2) is 48.5 Å². The van der Waals surface area contributed by atoms with Crippen LogP contribution < -0.4 is 9.47 Å². The van der Waals surface area contributed by atoms with E-state index in [0.29, 0.717) is 23.7 Å². The third-order valence-corrected chi connectivity index (χ3v) is 3.00. The molecule has 0 N–H and O–H groups in total. The Morgan fingerprint density at radius 3 is 2.55 bits per heavy atom. The van der Waals surface area contributed by atoms with Gasteiger partial charge in [-0.05, 0) is 30.5 Å². The van der Waals surface area contributed by atoms with Crippen molar-refractivity contribution in [2.75, 3.05) is 13.7 Å². The summed E-state index contributed by atoms with van der Waals surface area (Å²) in [5.41, 5.74) is 1.88. The summed E-state index contributed by atoms with van der Waals surface area (Å²) in [5, 5.41) is 8.84. The van der Waals surface area contributed by atoms with Crippen LogP contribution in [0.1, 0.15) is 17.5 Å². The van der Waals surface area contributed by atoms with Crippen LogP contribution in [0.5, 0.6) is 11.5 Å². The van der Waals surface area contributed by atoms with E-state index in [9.17, 15) is 0 Å². The number of rotatable bonds is 6. The van der Waals surface area contributed by atoms with E-state index in [0.717, 1.165) is 12.8 Å². The topological polar surface area (TPSA) is 42.2 Å². The summed E-state index contributed by atoms with van der Waals surface area (Å²) in [6.07, 6.45) is 1.92. The zero-order valence-electron chi connectivity index (χ0n) is 11.5. The minimum atomic E-state index is 0.568. The van der Waals surface area contributed by atoms with Gasteiger partial charge in [-0.3, -0.25) is 0 Å². The standard InChI is InChI=1S/C17H17NO2/c1-19-17-12-15(13-18)9-10-16(17)20-11-5-8-14-6-3-2-4-7-14/h2-4,6-7,9-10,12H,5,8,11H2,1H3. The average Bonchev–Trinajstić information content (AvgIpc) is 2.52. The summed E-state index contributed by atoms with van der Waals surface area (Å²) in [4.78, 5) is 0. The van der Waals surface area contributed by atoms with Crippen molar-refractivity contribution < 1.29 is 9.47 Å². The maximum atomic E-state index is 8.84. The molecule has 0 radical (unpaired) electrons. The molecule has 0 unspecified atom stereocenters. The molecule has 102 valence electrons. The second-order valence-electron chi connectivity index (χ2n) is 4.42. The van der Waals surface area contributed by atoms with Crippen LogP contribution in [-0.4, -0.2) is 13.7 Å². The maximum absolute atomic E-state index is 8.84. The molecule has 2 rings (SSSR count). The predicted molar refractivity (Wildman–Crippen MR) is 78.0 cm³/mol. The Hall–Kier alpha value is -2.47. The Labute approximate surface area is 119 Å². The highest BCUT2D eigenvalue weighted by Crippen LogP contribution is 2.27. The van der Waals surface area contributed by atoms with Gasteiger partial charge in [-0.15, -0.1) is 0 Å². The number of hydrogen-bond donors (Lipinski definition) is 0. The number of nitrogens with zero attached hydrogens (tertiary/aromatic N) is 1. The number of ether oxygens (including phenoxy) is 2. The van der Waals surface area contributed by atoms with Gasteiger partial charge >= 0.3 is 0 Å². The monoisotopic (exact) mass is 267 g/mol. The van der Waals surface area contributed by atoms with Gasteiger partial charge in [-0.25, -0.2) is 0 Å². The zero-order valence-corrected chi connectivity index (χ0v) is 11.5. The largest absolute Gasteiger partial charge is 0.493 e. The SMILES string of the molecule is COc1cc(C#N)ccc1OCCCc1ccccc1. The molecule has 0 aliphatic heterocycles. The molecule has 0 bridgehead atoms. The van der Waals surface area contributed by atoms with Gasteiger partial charge < -0.3 is 9.47 Å². The van der Waals surface area contributed by atoms with Crippen molar-refractivity contribution >= 4 is 0 Å². The summed E-state index contributed by atoms with van der Waals surface area (Å²) in [7, 11) is 1.58. The van der Waals surface area contributed by atoms with E-state index in [4.69, 9.17) is 14.7 Å². The lowest BCUT2D eigenvalue weighted by atomic mass is 10.1. The molecule has 0 spiro atoms. The predicted octanol–water partition coefficient (Wildman–Crippen LogP) is 3.58. The lowest BCUT2D eigenvalue weighted by Gasteiger charge is -2.10. The fraction of sp³-hybridized carbons (Fsp3) is 0.235. The Bertz CT molecular complexity index is 588. The molecule has 0 aromatic heterocycles. The summed E-state index contributed by atoms with van der Waals surface area (Å²) >= 11 is 0. The van der Waals surface area contributed by atoms with E-state index in [1.807, 2.05) is 18.2 Å². The van der Waals surface area contributed by atoms with Gasteiger partial charge in [-0.1, -0.05) is 30.3 Å². The molecule has 0 saturated carbocycles. The first-order valence-corrected chi connectivity index (χ1v) is 6.58. The summed E-state index contributed by atoms with van der Waals surface area (Å²) in [6, 6.07) is 17.6. The molecule has 0 aliphatic carbocycles. The number of benzene rings is 2. The van der Waals surface area contributed by atoms with E-state index in [-0.39, 0.29) is 0 Å². The van der Waals surface area contributed by atoms with Crippen LogP contribution >= 0.6 is 0 Å². The molecule has 2 aromatic rings. The van der Waals surface area contributed by atoms with Gasteiger partial charge in [0, 0.05) is 6.07 Å². The van der Waals surface area contributed by atoms with E-state index >= 15 is 0 Å². The second kappa shape index (κ2) is 7.20. The molecule has 3 nitrogen and oxygen atoms in total. The van der Waals surface area contributed by atoms with E-state index in [1.54, 1.807) is 25.3 Å². The molecule has 0 aliphatic rings. The molecule has 2 aromatic carbocycles. The smallest absolute Gasteiger partial charge is 0.162 e. The van der Waals surface area contributed by atoms with Crippen LogP contribution in [0.3, 0.4) is 0 Å². The summed E-state index contributed by atoms with van der Waals surface area (Å²) < 4.78 is 10.9. The summed E-state index contributed by atoms with van der Waals surface area (Å²) in [5.74, 6) is 1.28. The van der Waals surface area contributed by atoms with Crippen molar-refractivity contribution in [1.29, 1.82) is 5.26 Å². The van der Waals surface area contributed by atoms with E-state index in [1.165, 1.54) is 5.56 Å². The Kier molecular flexibility index (Phi) is 5.02. The molecule has 0 fully saturated rings. The Morgan fingerprint density at radius 2 is 1.85 bits per heavy atom. The molecule has 0 heterocycles. The first kappa shape index (κ1) is 14.0. The molecule has 3 heteroatoms. The highest BCUT2D eigenvalue weighted by molar-refractivity contribution is 5.46. The van der Waals surface area contributed by atoms with Gasteiger partial charge in [0.25, 0.3) is 0 Å². The molecular formula is C17H17NO2. The highest BCUT2D eigenvalue weighted by Gasteiger charge is 2.05. The average molecular weight is 267 g/mol. The van der Waals surface area contributed by atoms with E-state index in [2.05, 4.69) is 18.2 Å². The van der Waals surface area contributed by atoms with Crippen LogP contribution in [0.2, 0.25) is 0 Å². The van der Waals surface area contributed by atoms with Gasteiger partial charge in [0.05, 0.1) is 25.3 Å².